The van der Waals surface area contributed by atoms with E-state index in [2.05, 4.69) is 51.3 Å². The lowest BCUT2D eigenvalue weighted by Gasteiger charge is -2.50. The second-order valence-electron chi connectivity index (χ2n) is 10.3. The Labute approximate surface area is 166 Å². The van der Waals surface area contributed by atoms with Gasteiger partial charge >= 0.3 is 0 Å². The van der Waals surface area contributed by atoms with E-state index in [0.717, 1.165) is 45.2 Å². The molecule has 3 aliphatic heterocycles. The molecule has 3 fully saturated rings. The van der Waals surface area contributed by atoms with Crippen LogP contribution in [0, 0.1) is 0 Å². The average Bonchev–Trinajstić information content (AvgIpc) is 2.57. The maximum absolute atomic E-state index is 6.64. The first-order valence-corrected chi connectivity index (χ1v) is 11.1. The number of ether oxygens (including phenoxy) is 3. The fourth-order valence-corrected chi connectivity index (χ4v) is 4.74. The van der Waals surface area contributed by atoms with E-state index in [0.29, 0.717) is 18.2 Å². The van der Waals surface area contributed by atoms with Crippen molar-refractivity contribution in [2.45, 2.75) is 103 Å². The van der Waals surface area contributed by atoms with E-state index in [-0.39, 0.29) is 11.2 Å². The predicted molar refractivity (Wildman–Crippen MR) is 109 cm³/mol. The SMILES string of the molecule is CC(N1CC(OC(C)(C)C)C1)C(C)(C)OC1CCN(C2CCOCC2)CC1. The molecule has 3 aliphatic rings. The molecule has 3 saturated heterocycles. The van der Waals surface area contributed by atoms with Crippen molar-refractivity contribution < 1.29 is 14.2 Å². The van der Waals surface area contributed by atoms with Gasteiger partial charge in [-0.1, -0.05) is 0 Å². The standard InChI is InChI=1S/C22H42N2O3/c1-17(24-15-20(16-24)26-21(2,3)4)22(5,6)27-19-7-11-23(12-8-19)18-9-13-25-14-10-18/h17-20H,7-16H2,1-6H3. The molecule has 0 N–H and O–H groups in total. The van der Waals surface area contributed by atoms with Gasteiger partial charge in [0.15, 0.2) is 0 Å². The maximum atomic E-state index is 6.64. The summed E-state index contributed by atoms with van der Waals surface area (Å²) in [7, 11) is 0. The summed E-state index contributed by atoms with van der Waals surface area (Å²) >= 11 is 0. The van der Waals surface area contributed by atoms with Gasteiger partial charge < -0.3 is 19.1 Å². The molecule has 0 saturated carbocycles. The number of nitrogens with zero attached hydrogens (tertiary/aromatic N) is 2. The zero-order valence-electron chi connectivity index (χ0n) is 18.5. The van der Waals surface area contributed by atoms with Crippen molar-refractivity contribution in [3.05, 3.63) is 0 Å². The molecule has 3 heterocycles. The highest BCUT2D eigenvalue weighted by Gasteiger charge is 2.41. The van der Waals surface area contributed by atoms with Crippen LogP contribution in [-0.2, 0) is 14.2 Å². The Kier molecular flexibility index (Phi) is 6.90. The van der Waals surface area contributed by atoms with Crippen molar-refractivity contribution in [3.8, 4) is 0 Å². The first kappa shape index (κ1) is 21.5. The fourth-order valence-electron chi connectivity index (χ4n) is 4.74. The van der Waals surface area contributed by atoms with Gasteiger partial charge in [0.2, 0.25) is 0 Å². The molecule has 27 heavy (non-hydrogen) atoms. The van der Waals surface area contributed by atoms with Crippen LogP contribution in [0.1, 0.15) is 67.2 Å². The molecule has 1 unspecified atom stereocenters. The molecule has 0 aromatic rings. The van der Waals surface area contributed by atoms with Gasteiger partial charge in [-0.25, -0.2) is 0 Å². The fraction of sp³-hybridized carbons (Fsp3) is 1.00. The van der Waals surface area contributed by atoms with E-state index in [1.807, 2.05) is 0 Å². The highest BCUT2D eigenvalue weighted by atomic mass is 16.5. The maximum Gasteiger partial charge on any atom is 0.0836 e. The number of hydrogen-bond donors (Lipinski definition) is 0. The van der Waals surface area contributed by atoms with Crippen LogP contribution in [0.25, 0.3) is 0 Å². The third-order valence-electron chi connectivity index (χ3n) is 6.60. The minimum absolute atomic E-state index is 0.0511. The van der Waals surface area contributed by atoms with Crippen LogP contribution in [0.3, 0.4) is 0 Å². The Balaban J connectivity index is 1.41. The first-order valence-electron chi connectivity index (χ1n) is 11.1. The van der Waals surface area contributed by atoms with E-state index in [4.69, 9.17) is 14.2 Å². The van der Waals surface area contributed by atoms with Crippen LogP contribution in [0.2, 0.25) is 0 Å². The molecular weight excluding hydrogens is 340 g/mol. The van der Waals surface area contributed by atoms with Crippen molar-refractivity contribution >= 4 is 0 Å². The van der Waals surface area contributed by atoms with Crippen molar-refractivity contribution in [1.82, 2.24) is 9.80 Å². The van der Waals surface area contributed by atoms with Crippen molar-refractivity contribution in [2.75, 3.05) is 39.4 Å². The summed E-state index contributed by atoms with van der Waals surface area (Å²) in [5.74, 6) is 0. The van der Waals surface area contributed by atoms with E-state index in [9.17, 15) is 0 Å². The third-order valence-corrected chi connectivity index (χ3v) is 6.60. The zero-order chi connectivity index (χ0) is 19.7. The lowest BCUT2D eigenvalue weighted by Crippen LogP contribution is -2.63. The highest BCUT2D eigenvalue weighted by molar-refractivity contribution is 4.94. The molecule has 158 valence electrons. The molecule has 5 nitrogen and oxygen atoms in total. The lowest BCUT2D eigenvalue weighted by atomic mass is 9.93. The third kappa shape index (κ3) is 5.89. The van der Waals surface area contributed by atoms with Crippen molar-refractivity contribution in [3.63, 3.8) is 0 Å². The summed E-state index contributed by atoms with van der Waals surface area (Å²) in [5, 5.41) is 0. The summed E-state index contributed by atoms with van der Waals surface area (Å²) < 4.78 is 18.2. The molecule has 1 atom stereocenters. The number of piperidine rings is 1. The molecule has 3 rings (SSSR count). The minimum atomic E-state index is -0.127. The lowest BCUT2D eigenvalue weighted by molar-refractivity contribution is -0.176. The van der Waals surface area contributed by atoms with Crippen LogP contribution in [0.4, 0.5) is 0 Å². The van der Waals surface area contributed by atoms with Crippen LogP contribution in [0.15, 0.2) is 0 Å². The van der Waals surface area contributed by atoms with E-state index < -0.39 is 0 Å². The molecule has 0 amide bonds. The van der Waals surface area contributed by atoms with Gasteiger partial charge in [0.25, 0.3) is 0 Å². The molecule has 5 heteroatoms. The van der Waals surface area contributed by atoms with E-state index in [1.54, 1.807) is 0 Å². The minimum Gasteiger partial charge on any atom is -0.381 e. The highest BCUT2D eigenvalue weighted by Crippen LogP contribution is 2.31. The Morgan fingerprint density at radius 3 is 2.00 bits per heavy atom. The van der Waals surface area contributed by atoms with Gasteiger partial charge in [-0.05, 0) is 67.2 Å². The normalized spacial score (nSPS) is 26.9. The summed E-state index contributed by atoms with van der Waals surface area (Å²) in [6.45, 7) is 19.5. The quantitative estimate of drug-likeness (QED) is 0.704. The first-order chi connectivity index (χ1) is 12.6. The van der Waals surface area contributed by atoms with E-state index in [1.165, 1.54) is 25.9 Å². The molecular formula is C22H42N2O3. The van der Waals surface area contributed by atoms with Crippen LogP contribution in [-0.4, -0.2) is 84.7 Å². The van der Waals surface area contributed by atoms with Crippen molar-refractivity contribution in [2.24, 2.45) is 0 Å². The molecule has 0 aliphatic carbocycles. The smallest absolute Gasteiger partial charge is 0.0836 e. The summed E-state index contributed by atoms with van der Waals surface area (Å²) in [5.41, 5.74) is -0.178. The van der Waals surface area contributed by atoms with Gasteiger partial charge in [-0.3, -0.25) is 4.90 Å². The molecule has 0 aromatic carbocycles. The Hall–Kier alpha value is -0.200. The van der Waals surface area contributed by atoms with Gasteiger partial charge in [0.1, 0.15) is 0 Å². The predicted octanol–water partition coefficient (Wildman–Crippen LogP) is 3.31. The molecule has 0 aromatic heterocycles. The molecule has 0 bridgehead atoms. The van der Waals surface area contributed by atoms with Gasteiger partial charge in [0, 0.05) is 51.5 Å². The van der Waals surface area contributed by atoms with Crippen LogP contribution < -0.4 is 0 Å². The molecule has 0 radical (unpaired) electrons. The van der Waals surface area contributed by atoms with Crippen molar-refractivity contribution in [1.29, 1.82) is 0 Å². The Bertz CT molecular complexity index is 457. The number of likely N-dealkylation sites (tertiary alicyclic amines) is 2. The van der Waals surface area contributed by atoms with Gasteiger partial charge in [-0.2, -0.15) is 0 Å². The summed E-state index contributed by atoms with van der Waals surface area (Å²) in [6, 6.07) is 1.14. The van der Waals surface area contributed by atoms with Crippen LogP contribution in [0.5, 0.6) is 0 Å². The Morgan fingerprint density at radius 2 is 1.44 bits per heavy atom. The summed E-state index contributed by atoms with van der Waals surface area (Å²) in [4.78, 5) is 5.18. The van der Waals surface area contributed by atoms with E-state index >= 15 is 0 Å². The van der Waals surface area contributed by atoms with Gasteiger partial charge in [0.05, 0.1) is 23.4 Å². The van der Waals surface area contributed by atoms with Gasteiger partial charge in [-0.15, -0.1) is 0 Å². The summed E-state index contributed by atoms with van der Waals surface area (Å²) in [6.07, 6.45) is 5.46. The zero-order valence-corrected chi connectivity index (χ0v) is 18.5. The topological polar surface area (TPSA) is 34.2 Å². The van der Waals surface area contributed by atoms with Crippen LogP contribution >= 0.6 is 0 Å². The monoisotopic (exact) mass is 382 g/mol. The second kappa shape index (κ2) is 8.66. The number of rotatable bonds is 6. The second-order valence-corrected chi connectivity index (χ2v) is 10.3. The average molecular weight is 383 g/mol. The largest absolute Gasteiger partial charge is 0.381 e. The number of hydrogen-bond acceptors (Lipinski definition) is 5. The molecule has 0 spiro atoms. The Morgan fingerprint density at radius 1 is 0.852 bits per heavy atom.